The number of nitrogens with one attached hydrogen (secondary N) is 1. The number of H-pyrrole nitrogens is 1. The quantitative estimate of drug-likeness (QED) is 0.635. The maximum atomic E-state index is 13.0. The number of aromatic nitrogens is 3. The molecule has 2 heterocycles. The van der Waals surface area contributed by atoms with Crippen molar-refractivity contribution in [3.63, 3.8) is 0 Å². The summed E-state index contributed by atoms with van der Waals surface area (Å²) in [5.41, 5.74) is 0.836. The summed E-state index contributed by atoms with van der Waals surface area (Å²) in [6, 6.07) is 18.6. The van der Waals surface area contributed by atoms with Gasteiger partial charge in [0.1, 0.15) is 17.8 Å². The monoisotopic (exact) mass is 436 g/mol. The molecule has 0 unspecified atom stereocenters. The Hall–Kier alpha value is -2.93. The zero-order valence-electron chi connectivity index (χ0n) is 17.7. The van der Waals surface area contributed by atoms with Gasteiger partial charge in [0, 0.05) is 19.3 Å². The molecule has 6 nitrogen and oxygen atoms in total. The number of fused-ring (bicyclic) bond motifs is 1. The number of hydrogen-bond acceptors (Lipinski definition) is 5. The molecule has 0 bridgehead atoms. The molecule has 1 aliphatic carbocycles. The van der Waals surface area contributed by atoms with Gasteiger partial charge in [-0.2, -0.15) is 0 Å². The molecule has 1 fully saturated rings. The molecule has 2 aromatic heterocycles. The lowest BCUT2D eigenvalue weighted by Crippen LogP contribution is -2.37. The summed E-state index contributed by atoms with van der Waals surface area (Å²) < 4.78 is 26.1. The summed E-state index contributed by atoms with van der Waals surface area (Å²) in [7, 11) is -1.27. The Kier molecular flexibility index (Phi) is 6.51. The van der Waals surface area contributed by atoms with Crippen LogP contribution in [0.25, 0.3) is 11.0 Å². The molecule has 0 spiro atoms. The second kappa shape index (κ2) is 9.47. The maximum Gasteiger partial charge on any atom is 0.178 e. The van der Waals surface area contributed by atoms with E-state index < -0.39 is 9.84 Å². The molecule has 0 radical (unpaired) electrons. The highest BCUT2D eigenvalue weighted by molar-refractivity contribution is 7.91. The molecule has 0 amide bonds. The van der Waals surface area contributed by atoms with Crippen LogP contribution < -0.4 is 4.90 Å². The predicted octanol–water partition coefficient (Wildman–Crippen LogP) is 4.55. The highest BCUT2D eigenvalue weighted by Gasteiger charge is 2.29. The Labute approximate surface area is 183 Å². The second-order valence-corrected chi connectivity index (χ2v) is 10.1. The van der Waals surface area contributed by atoms with Crippen molar-refractivity contribution in [2.24, 2.45) is 5.92 Å². The van der Waals surface area contributed by atoms with Crippen molar-refractivity contribution in [3.05, 3.63) is 73.2 Å². The van der Waals surface area contributed by atoms with E-state index in [4.69, 9.17) is 0 Å². The average molecular weight is 437 g/mol. The highest BCUT2D eigenvalue weighted by atomic mass is 32.2. The van der Waals surface area contributed by atoms with E-state index in [1.54, 1.807) is 30.6 Å². The summed E-state index contributed by atoms with van der Waals surface area (Å²) in [5, 5.41) is 1.02. The molecule has 4 rings (SSSR count). The third-order valence-corrected chi connectivity index (χ3v) is 7.93. The Balaban J connectivity index is 1.43. The summed E-state index contributed by atoms with van der Waals surface area (Å²) >= 11 is 0. The molecule has 7 heteroatoms. The fourth-order valence-electron chi connectivity index (χ4n) is 4.30. The molecule has 0 atom stereocenters. The van der Waals surface area contributed by atoms with Crippen LogP contribution in [0.3, 0.4) is 0 Å². The molecule has 1 N–H and O–H groups in total. The van der Waals surface area contributed by atoms with E-state index in [1.165, 1.54) is 0 Å². The zero-order valence-corrected chi connectivity index (χ0v) is 18.5. The minimum atomic E-state index is -3.34. The van der Waals surface area contributed by atoms with Gasteiger partial charge in [-0.3, -0.25) is 0 Å². The van der Waals surface area contributed by atoms with Gasteiger partial charge in [-0.1, -0.05) is 42.5 Å². The van der Waals surface area contributed by atoms with E-state index in [9.17, 15) is 8.42 Å². The van der Waals surface area contributed by atoms with Crippen LogP contribution in [0.1, 0.15) is 25.7 Å². The second-order valence-electron chi connectivity index (χ2n) is 8.09. The number of nitrogens with zero attached hydrogens (tertiary/aromatic N) is 3. The van der Waals surface area contributed by atoms with E-state index in [0.717, 1.165) is 42.5 Å². The molecule has 3 aromatic rings. The molecule has 0 aliphatic heterocycles. The van der Waals surface area contributed by atoms with Crippen LogP contribution in [0.5, 0.6) is 0 Å². The smallest absolute Gasteiger partial charge is 0.178 e. The lowest BCUT2D eigenvalue weighted by Gasteiger charge is -2.35. The van der Waals surface area contributed by atoms with Gasteiger partial charge in [0.05, 0.1) is 16.0 Å². The minimum Gasteiger partial charge on any atom is -0.356 e. The Morgan fingerprint density at radius 3 is 2.26 bits per heavy atom. The third kappa shape index (κ3) is 5.05. The average Bonchev–Trinajstić information content (AvgIpc) is 3.26. The first-order chi connectivity index (χ1) is 15.0. The van der Waals surface area contributed by atoms with Crippen molar-refractivity contribution < 1.29 is 8.42 Å². The normalized spacial score (nSPS) is 19.0. The predicted molar refractivity (Wildman–Crippen MR) is 124 cm³/mol. The number of sulfone groups is 1. The minimum absolute atomic E-state index is 0.177. The fraction of sp³-hybridized carbons (Fsp3) is 0.333. The van der Waals surface area contributed by atoms with Crippen molar-refractivity contribution in [2.45, 2.75) is 36.6 Å². The topological polar surface area (TPSA) is 79.0 Å². The number of rotatable bonds is 5. The lowest BCUT2D eigenvalue weighted by atomic mass is 9.86. The van der Waals surface area contributed by atoms with Crippen molar-refractivity contribution >= 4 is 26.7 Å². The first kappa shape index (κ1) is 21.3. The largest absolute Gasteiger partial charge is 0.356 e. The number of anilines is 1. The van der Waals surface area contributed by atoms with Crippen molar-refractivity contribution in [3.8, 4) is 0 Å². The van der Waals surface area contributed by atoms with Gasteiger partial charge < -0.3 is 9.88 Å². The third-order valence-electron chi connectivity index (χ3n) is 6.03. The zero-order chi connectivity index (χ0) is 21.7. The number of hydrogen-bond donors (Lipinski definition) is 1. The van der Waals surface area contributed by atoms with Gasteiger partial charge >= 0.3 is 0 Å². The summed E-state index contributed by atoms with van der Waals surface area (Å²) in [6.07, 6.45) is 7.16. The van der Waals surface area contributed by atoms with Gasteiger partial charge in [-0.05, 0) is 49.8 Å². The van der Waals surface area contributed by atoms with E-state index >= 15 is 0 Å². The molecular formula is C24H28N4O2S. The molecule has 1 aliphatic rings. The first-order valence-electron chi connectivity index (χ1n) is 10.7. The molecule has 1 saturated carbocycles. The summed E-state index contributed by atoms with van der Waals surface area (Å²) in [5.74, 6) is 1.30. The first-order valence-corrected chi connectivity index (χ1v) is 12.3. The van der Waals surface area contributed by atoms with Crippen LogP contribution in [0.4, 0.5) is 5.82 Å². The summed E-state index contributed by atoms with van der Waals surface area (Å²) in [6.45, 7) is 0. The number of aromatic amines is 1. The summed E-state index contributed by atoms with van der Waals surface area (Å²) in [4.78, 5) is 14.5. The van der Waals surface area contributed by atoms with Gasteiger partial charge in [0.2, 0.25) is 0 Å². The van der Waals surface area contributed by atoms with E-state index in [2.05, 4.69) is 26.9 Å². The molecule has 162 valence electrons. The maximum absolute atomic E-state index is 13.0. The van der Waals surface area contributed by atoms with E-state index in [1.807, 2.05) is 42.6 Å². The van der Waals surface area contributed by atoms with Crippen molar-refractivity contribution in [2.75, 3.05) is 17.7 Å². The Morgan fingerprint density at radius 2 is 1.58 bits per heavy atom. The standard InChI is InChI=1S/C24H28N4O2S/c1-28(24-22-15-16-25-23(22)26-18-27-24)20-13-11-19(12-14-20)17-31(29,30)21-9-7-5-3-2-4-6-8-10-21/h2-10,15-16,18-20H,11-14,17H2,1H3,(H,25,26,27). The molecule has 0 saturated heterocycles. The highest BCUT2D eigenvalue weighted by Crippen LogP contribution is 2.32. The van der Waals surface area contributed by atoms with Crippen molar-refractivity contribution in [1.82, 2.24) is 15.0 Å². The Bertz CT molecular complexity index is 1160. The van der Waals surface area contributed by atoms with Crippen LogP contribution in [0.2, 0.25) is 0 Å². The van der Waals surface area contributed by atoms with E-state index in [-0.39, 0.29) is 11.7 Å². The van der Waals surface area contributed by atoms with Gasteiger partial charge in [0.25, 0.3) is 0 Å². The molecule has 1 aromatic carbocycles. The van der Waals surface area contributed by atoms with Crippen LogP contribution >= 0.6 is 0 Å². The molecule has 31 heavy (non-hydrogen) atoms. The van der Waals surface area contributed by atoms with Gasteiger partial charge in [-0.15, -0.1) is 0 Å². The van der Waals surface area contributed by atoms with Crippen molar-refractivity contribution in [1.29, 1.82) is 0 Å². The van der Waals surface area contributed by atoms with E-state index in [0.29, 0.717) is 10.9 Å². The lowest BCUT2D eigenvalue weighted by molar-refractivity contribution is 0.341. The van der Waals surface area contributed by atoms with Crippen LogP contribution in [-0.2, 0) is 9.84 Å². The fourth-order valence-corrected chi connectivity index (χ4v) is 6.02. The van der Waals surface area contributed by atoms with Gasteiger partial charge in [0.15, 0.2) is 9.84 Å². The molecular weight excluding hydrogens is 408 g/mol. The van der Waals surface area contributed by atoms with Crippen LogP contribution in [0.15, 0.2) is 78.1 Å². The van der Waals surface area contributed by atoms with Gasteiger partial charge in [-0.25, -0.2) is 18.4 Å². The van der Waals surface area contributed by atoms with Crippen LogP contribution in [0, 0.1) is 5.92 Å². The SMILES string of the molecule is CN(c1ncnc2[nH]ccc12)C1CCC(CS(=O)(=O)c2ccccccccc2)CC1. The Morgan fingerprint density at radius 1 is 0.935 bits per heavy atom. The van der Waals surface area contributed by atoms with Crippen LogP contribution in [-0.4, -0.2) is 42.2 Å².